The van der Waals surface area contributed by atoms with Gasteiger partial charge in [0.25, 0.3) is 0 Å². The second kappa shape index (κ2) is 14.7. The van der Waals surface area contributed by atoms with Gasteiger partial charge in [-0.15, -0.1) is 0 Å². The molecular weight excluding hydrogens is 563 g/mol. The van der Waals surface area contributed by atoms with E-state index in [0.717, 1.165) is 47.1 Å². The highest BCUT2D eigenvalue weighted by atomic mass is 79.9. The minimum atomic E-state index is 0.0804. The lowest BCUT2D eigenvalue weighted by Crippen LogP contribution is -2.23. The van der Waals surface area contributed by atoms with Gasteiger partial charge in [0.2, 0.25) is 6.79 Å². The molecule has 2 aromatic rings. The summed E-state index contributed by atoms with van der Waals surface area (Å²) in [5.41, 5.74) is 6.76. The summed E-state index contributed by atoms with van der Waals surface area (Å²) in [5.74, 6) is 2.92. The molecule has 1 saturated carbocycles. The van der Waals surface area contributed by atoms with Gasteiger partial charge in [-0.25, -0.2) is 0 Å². The van der Waals surface area contributed by atoms with Gasteiger partial charge < -0.3 is 9.47 Å². The Hall–Kier alpha value is -1.07. The van der Waals surface area contributed by atoms with Crippen LogP contribution in [-0.2, 0) is 23.0 Å². The van der Waals surface area contributed by atoms with Crippen LogP contribution >= 0.6 is 27.7 Å². The molecule has 2 nitrogen and oxygen atoms in total. The van der Waals surface area contributed by atoms with E-state index in [9.17, 15) is 0 Å². The third-order valence-electron chi connectivity index (χ3n) is 7.93. The Morgan fingerprint density at radius 3 is 1.97 bits per heavy atom. The summed E-state index contributed by atoms with van der Waals surface area (Å²) < 4.78 is 14.0. The zero-order chi connectivity index (χ0) is 28.6. The summed E-state index contributed by atoms with van der Waals surface area (Å²) >= 11 is 6.00. The van der Waals surface area contributed by atoms with Crippen LogP contribution in [-0.4, -0.2) is 19.3 Å². The van der Waals surface area contributed by atoms with Gasteiger partial charge >= 0.3 is 0 Å². The maximum atomic E-state index is 6.47. The summed E-state index contributed by atoms with van der Waals surface area (Å²) in [6, 6.07) is 9.29. The zero-order valence-corrected chi connectivity index (χ0v) is 28.4. The Bertz CT molecular complexity index is 1060. The Kier molecular flexibility index (Phi) is 12.2. The average Bonchev–Trinajstić information content (AvgIpc) is 2.83. The largest absolute Gasteiger partial charge is 0.458 e. The Morgan fingerprint density at radius 1 is 0.821 bits per heavy atom. The molecule has 0 unspecified atom stereocenters. The van der Waals surface area contributed by atoms with Gasteiger partial charge in [-0.3, -0.25) is 0 Å². The van der Waals surface area contributed by atoms with Crippen LogP contribution in [0, 0.1) is 0 Å². The summed E-state index contributed by atoms with van der Waals surface area (Å²) in [6.45, 7) is 18.4. The second-order valence-corrected chi connectivity index (χ2v) is 15.5. The molecule has 0 aromatic heterocycles. The average molecular weight is 616 g/mol. The first-order valence-electron chi connectivity index (χ1n) is 15.3. The van der Waals surface area contributed by atoms with Crippen molar-refractivity contribution in [3.63, 3.8) is 0 Å². The molecule has 3 rings (SSSR count). The highest BCUT2D eigenvalue weighted by Crippen LogP contribution is 2.39. The molecule has 0 saturated heterocycles. The van der Waals surface area contributed by atoms with E-state index in [1.807, 2.05) is 0 Å². The fourth-order valence-corrected chi connectivity index (χ4v) is 7.30. The number of halogens is 1. The number of ether oxygens (including phenoxy) is 2. The van der Waals surface area contributed by atoms with Crippen LogP contribution in [0.3, 0.4) is 0 Å². The lowest BCUT2D eigenvalue weighted by Gasteiger charge is -2.25. The van der Waals surface area contributed by atoms with Crippen molar-refractivity contribution in [1.29, 1.82) is 0 Å². The van der Waals surface area contributed by atoms with Crippen LogP contribution in [0.1, 0.15) is 122 Å². The molecule has 5 heteroatoms. The van der Waals surface area contributed by atoms with Gasteiger partial charge in [0.1, 0.15) is 11.5 Å². The second-order valence-electron chi connectivity index (χ2n) is 13.4. The molecule has 39 heavy (non-hydrogen) atoms. The number of aryl methyl sites for hydroxylation is 1. The number of thioether (sulfide) groups is 1. The maximum Gasteiger partial charge on any atom is 0.230 e. The van der Waals surface area contributed by atoms with Crippen LogP contribution in [0.2, 0.25) is 6.82 Å². The predicted octanol–water partition coefficient (Wildman–Crippen LogP) is 9.87. The molecule has 0 radical (unpaired) electrons. The predicted molar refractivity (Wildman–Crippen MR) is 178 cm³/mol. The molecule has 0 aliphatic heterocycles. The van der Waals surface area contributed by atoms with E-state index in [4.69, 9.17) is 9.47 Å². The van der Waals surface area contributed by atoms with E-state index < -0.39 is 0 Å². The van der Waals surface area contributed by atoms with Crippen LogP contribution in [0.5, 0.6) is 11.5 Å². The highest BCUT2D eigenvalue weighted by Gasteiger charge is 2.22. The number of hydrogen-bond donors (Lipinski definition) is 0. The first-order chi connectivity index (χ1) is 18.4. The third kappa shape index (κ3) is 9.49. The minimum Gasteiger partial charge on any atom is -0.458 e. The molecule has 1 aliphatic rings. The van der Waals surface area contributed by atoms with Gasteiger partial charge in [-0.1, -0.05) is 112 Å². The third-order valence-corrected chi connectivity index (χ3v) is 9.94. The molecule has 0 spiro atoms. The normalized spacial score (nSPS) is 15.5. The van der Waals surface area contributed by atoms with Crippen LogP contribution in [0.25, 0.3) is 0 Å². The zero-order valence-electron chi connectivity index (χ0n) is 26.0. The number of benzene rings is 2. The molecule has 1 fully saturated rings. The fourth-order valence-electron chi connectivity index (χ4n) is 5.38. The van der Waals surface area contributed by atoms with Crippen molar-refractivity contribution in [3.05, 3.63) is 51.0 Å². The number of hydrogen-bond acceptors (Lipinski definition) is 3. The van der Waals surface area contributed by atoms with Gasteiger partial charge in [0.05, 0.1) is 4.47 Å². The molecule has 2 aromatic carbocycles. The first-order valence-corrected chi connectivity index (χ1v) is 17.1. The SMILES string of the molecule is CBc1cc(C(C)(C)C)cc(CCC)c1OCOc1c(Br)cc(C(C)(C)C)cc1CSC1CCCCCCC1. The maximum absolute atomic E-state index is 6.47. The van der Waals surface area contributed by atoms with E-state index in [-0.39, 0.29) is 17.6 Å². The van der Waals surface area contributed by atoms with Gasteiger partial charge in [0, 0.05) is 16.6 Å². The van der Waals surface area contributed by atoms with E-state index in [1.165, 1.54) is 72.7 Å². The first kappa shape index (κ1) is 32.4. The van der Waals surface area contributed by atoms with Crippen molar-refractivity contribution in [2.45, 2.75) is 135 Å². The Labute approximate surface area is 253 Å². The summed E-state index contributed by atoms with van der Waals surface area (Å²) in [4.78, 5) is 0. The summed E-state index contributed by atoms with van der Waals surface area (Å²) in [5, 5.41) is 0.747. The molecule has 0 heterocycles. The Balaban J connectivity index is 1.83. The molecule has 216 valence electrons. The lowest BCUT2D eigenvalue weighted by atomic mass is 9.69. The van der Waals surface area contributed by atoms with Crippen molar-refractivity contribution < 1.29 is 9.47 Å². The van der Waals surface area contributed by atoms with Crippen LogP contribution < -0.4 is 14.9 Å². The quantitative estimate of drug-likeness (QED) is 0.196. The monoisotopic (exact) mass is 614 g/mol. The van der Waals surface area contributed by atoms with Gasteiger partial charge in [0.15, 0.2) is 7.28 Å². The van der Waals surface area contributed by atoms with E-state index in [0.29, 0.717) is 0 Å². The fraction of sp³-hybridized carbons (Fsp3) is 0.647. The molecule has 0 N–H and O–H groups in total. The van der Waals surface area contributed by atoms with Crippen LogP contribution in [0.4, 0.5) is 0 Å². The summed E-state index contributed by atoms with van der Waals surface area (Å²) in [7, 11) is 0.948. The highest BCUT2D eigenvalue weighted by molar-refractivity contribution is 9.10. The van der Waals surface area contributed by atoms with Crippen molar-refractivity contribution in [2.75, 3.05) is 6.79 Å². The Morgan fingerprint density at radius 2 is 1.38 bits per heavy atom. The molecule has 0 bridgehead atoms. The van der Waals surface area contributed by atoms with Crippen LogP contribution in [0.15, 0.2) is 28.7 Å². The number of rotatable bonds is 10. The minimum absolute atomic E-state index is 0.0804. The summed E-state index contributed by atoms with van der Waals surface area (Å²) in [6.07, 6.45) is 11.7. The van der Waals surface area contributed by atoms with Crippen molar-refractivity contribution in [1.82, 2.24) is 0 Å². The molecule has 0 amide bonds. The van der Waals surface area contributed by atoms with Crippen molar-refractivity contribution in [2.24, 2.45) is 0 Å². The van der Waals surface area contributed by atoms with Crippen molar-refractivity contribution in [3.8, 4) is 11.5 Å². The standard InChI is InChI=1S/C34H52BBrO2S/c1-9-15-24-18-26(33(2,3)4)20-29(35-8)31(24)37-23-38-32-25(19-27(21-30(32)36)34(5,6)7)22-39-28-16-13-11-10-12-14-17-28/h18-21,28,35H,9-17,22-23H2,1-8H3. The lowest BCUT2D eigenvalue weighted by molar-refractivity contribution is 0.118. The molecular formula is C34H52BBrO2S. The van der Waals surface area contributed by atoms with E-state index >= 15 is 0 Å². The van der Waals surface area contributed by atoms with Gasteiger partial charge in [-0.2, -0.15) is 11.8 Å². The van der Waals surface area contributed by atoms with E-state index in [1.54, 1.807) is 0 Å². The smallest absolute Gasteiger partial charge is 0.230 e. The van der Waals surface area contributed by atoms with Gasteiger partial charge in [-0.05, 0) is 74.2 Å². The van der Waals surface area contributed by atoms with E-state index in [2.05, 4.69) is 107 Å². The molecule has 0 atom stereocenters. The van der Waals surface area contributed by atoms with Crippen molar-refractivity contribution >= 4 is 40.4 Å². The molecule has 1 aliphatic carbocycles. The topological polar surface area (TPSA) is 18.5 Å².